The fourth-order valence-electron chi connectivity index (χ4n) is 1.55. The maximum atomic E-state index is 11.8. The number of aliphatic carboxylic acids is 1. The van der Waals surface area contributed by atoms with Gasteiger partial charge in [-0.3, -0.25) is 4.79 Å². The van der Waals surface area contributed by atoms with Crippen LogP contribution >= 0.6 is 27.7 Å². The van der Waals surface area contributed by atoms with E-state index in [1.54, 1.807) is 12.3 Å². The molecular formula is C11H14BrNO4S2. The molecule has 0 saturated carbocycles. The summed E-state index contributed by atoms with van der Waals surface area (Å²) in [5, 5.41) is 8.78. The largest absolute Gasteiger partial charge is 0.480 e. The lowest BCUT2D eigenvalue weighted by molar-refractivity contribution is -0.138. The summed E-state index contributed by atoms with van der Waals surface area (Å²) >= 11 is 4.61. The van der Waals surface area contributed by atoms with Crippen LogP contribution in [-0.2, 0) is 21.1 Å². The summed E-state index contributed by atoms with van der Waals surface area (Å²) < 4.78 is 24.1. The van der Waals surface area contributed by atoms with Crippen LogP contribution in [0, 0.1) is 0 Å². The molecule has 0 heterocycles. The van der Waals surface area contributed by atoms with Crippen molar-refractivity contribution in [2.45, 2.75) is 22.3 Å². The molecule has 1 aromatic rings. The summed E-state index contributed by atoms with van der Waals surface area (Å²) in [6, 6.07) is 2.12. The van der Waals surface area contributed by atoms with Gasteiger partial charge in [-0.25, -0.2) is 8.42 Å². The standard InChI is InChI=1S/C11H14BrNO4S2/c1-18-10-7(12)3-6(4-8(13)11(14)15)5-9(10)19(2,16)17/h3,5,8H,4,13H2,1-2H3,(H,14,15). The van der Waals surface area contributed by atoms with Gasteiger partial charge in [-0.05, 0) is 46.3 Å². The van der Waals surface area contributed by atoms with Crippen molar-refractivity contribution < 1.29 is 18.3 Å². The van der Waals surface area contributed by atoms with Gasteiger partial charge in [0, 0.05) is 15.6 Å². The van der Waals surface area contributed by atoms with E-state index in [-0.39, 0.29) is 11.3 Å². The minimum atomic E-state index is -3.39. The molecule has 0 amide bonds. The molecule has 1 unspecified atom stereocenters. The van der Waals surface area contributed by atoms with Crippen molar-refractivity contribution in [3.63, 3.8) is 0 Å². The van der Waals surface area contributed by atoms with Crippen molar-refractivity contribution in [2.24, 2.45) is 5.73 Å². The van der Waals surface area contributed by atoms with Crippen molar-refractivity contribution in [3.8, 4) is 0 Å². The number of carboxylic acid groups (broad SMARTS) is 1. The van der Waals surface area contributed by atoms with Gasteiger partial charge >= 0.3 is 5.97 Å². The highest BCUT2D eigenvalue weighted by atomic mass is 79.9. The van der Waals surface area contributed by atoms with E-state index >= 15 is 0 Å². The molecule has 19 heavy (non-hydrogen) atoms. The van der Waals surface area contributed by atoms with Crippen LogP contribution in [0.25, 0.3) is 0 Å². The SMILES string of the molecule is CSc1c(Br)cc(CC(N)C(=O)O)cc1S(C)(=O)=O. The normalized spacial score (nSPS) is 13.3. The Hall–Kier alpha value is -0.570. The van der Waals surface area contributed by atoms with Crippen LogP contribution in [0.3, 0.4) is 0 Å². The van der Waals surface area contributed by atoms with Crippen molar-refractivity contribution in [1.82, 2.24) is 0 Å². The fourth-order valence-corrected chi connectivity index (χ4v) is 4.71. The monoisotopic (exact) mass is 367 g/mol. The Morgan fingerprint density at radius 3 is 2.53 bits per heavy atom. The Kier molecular flexibility index (Phi) is 5.43. The van der Waals surface area contributed by atoms with Crippen molar-refractivity contribution in [1.29, 1.82) is 0 Å². The molecule has 1 atom stereocenters. The predicted molar refractivity (Wildman–Crippen MR) is 78.3 cm³/mol. The van der Waals surface area contributed by atoms with E-state index in [0.29, 0.717) is 14.9 Å². The highest BCUT2D eigenvalue weighted by Crippen LogP contribution is 2.34. The van der Waals surface area contributed by atoms with Gasteiger partial charge in [0.1, 0.15) is 6.04 Å². The number of hydrogen-bond acceptors (Lipinski definition) is 5. The Balaban J connectivity index is 3.32. The molecule has 5 nitrogen and oxygen atoms in total. The molecule has 0 fully saturated rings. The third kappa shape index (κ3) is 4.20. The van der Waals surface area contributed by atoms with Crippen LogP contribution in [0.1, 0.15) is 5.56 Å². The molecule has 0 bridgehead atoms. The molecular weight excluding hydrogens is 354 g/mol. The lowest BCUT2D eigenvalue weighted by Crippen LogP contribution is -2.32. The number of carboxylic acids is 1. The summed E-state index contributed by atoms with van der Waals surface area (Å²) in [7, 11) is -3.39. The molecule has 0 aromatic heterocycles. The third-order valence-corrected chi connectivity index (χ3v) is 5.43. The zero-order valence-electron chi connectivity index (χ0n) is 10.4. The number of hydrogen-bond donors (Lipinski definition) is 2. The van der Waals surface area contributed by atoms with Crippen LogP contribution in [-0.4, -0.2) is 38.0 Å². The molecule has 0 saturated heterocycles. The summed E-state index contributed by atoms with van der Waals surface area (Å²) in [6.45, 7) is 0. The first-order chi connectivity index (χ1) is 8.66. The second-order valence-corrected chi connectivity index (χ2v) is 7.69. The number of thioether (sulfide) groups is 1. The van der Waals surface area contributed by atoms with Crippen LogP contribution < -0.4 is 5.73 Å². The highest BCUT2D eigenvalue weighted by molar-refractivity contribution is 9.10. The van der Waals surface area contributed by atoms with E-state index in [2.05, 4.69) is 15.9 Å². The lowest BCUT2D eigenvalue weighted by atomic mass is 10.1. The smallest absolute Gasteiger partial charge is 0.320 e. The van der Waals surface area contributed by atoms with Gasteiger partial charge in [0.25, 0.3) is 0 Å². The van der Waals surface area contributed by atoms with E-state index < -0.39 is 21.8 Å². The maximum Gasteiger partial charge on any atom is 0.320 e. The van der Waals surface area contributed by atoms with E-state index in [1.165, 1.54) is 17.8 Å². The first kappa shape index (κ1) is 16.5. The van der Waals surface area contributed by atoms with Crippen molar-refractivity contribution in [3.05, 3.63) is 22.2 Å². The van der Waals surface area contributed by atoms with Gasteiger partial charge in [-0.15, -0.1) is 11.8 Å². The Morgan fingerprint density at radius 2 is 2.11 bits per heavy atom. The molecule has 0 radical (unpaired) electrons. The zero-order chi connectivity index (χ0) is 14.8. The highest BCUT2D eigenvalue weighted by Gasteiger charge is 2.19. The van der Waals surface area contributed by atoms with Gasteiger partial charge in [-0.2, -0.15) is 0 Å². The zero-order valence-corrected chi connectivity index (χ0v) is 13.6. The van der Waals surface area contributed by atoms with E-state index in [0.717, 1.165) is 6.26 Å². The minimum absolute atomic E-state index is 0.0745. The molecule has 106 valence electrons. The molecule has 0 aliphatic heterocycles. The number of nitrogens with two attached hydrogens (primary N) is 1. The second kappa shape index (κ2) is 6.25. The maximum absolute atomic E-state index is 11.8. The molecule has 0 spiro atoms. The van der Waals surface area contributed by atoms with Gasteiger partial charge in [0.15, 0.2) is 9.84 Å². The second-order valence-electron chi connectivity index (χ2n) is 4.03. The quantitative estimate of drug-likeness (QED) is 0.765. The van der Waals surface area contributed by atoms with Crippen molar-refractivity contribution in [2.75, 3.05) is 12.5 Å². The average molecular weight is 368 g/mol. The van der Waals surface area contributed by atoms with Crippen LogP contribution in [0.15, 0.2) is 26.4 Å². The number of carbonyl (C=O) groups is 1. The Morgan fingerprint density at radius 1 is 1.53 bits per heavy atom. The van der Waals surface area contributed by atoms with E-state index in [9.17, 15) is 13.2 Å². The number of halogens is 1. The number of sulfone groups is 1. The number of rotatable bonds is 5. The summed E-state index contributed by atoms with van der Waals surface area (Å²) in [6.07, 6.45) is 2.97. The first-order valence-electron chi connectivity index (χ1n) is 5.21. The molecule has 0 aliphatic rings. The van der Waals surface area contributed by atoms with Crippen molar-refractivity contribution >= 4 is 43.5 Å². The Bertz CT molecular complexity index is 601. The van der Waals surface area contributed by atoms with Gasteiger partial charge < -0.3 is 10.8 Å². The van der Waals surface area contributed by atoms with Crippen LogP contribution in [0.2, 0.25) is 0 Å². The molecule has 0 aliphatic carbocycles. The van der Waals surface area contributed by atoms with Crippen LogP contribution in [0.4, 0.5) is 0 Å². The molecule has 3 N–H and O–H groups in total. The van der Waals surface area contributed by atoms with Gasteiger partial charge in [0.2, 0.25) is 0 Å². The van der Waals surface area contributed by atoms with E-state index in [1.807, 2.05) is 0 Å². The van der Waals surface area contributed by atoms with Crippen LogP contribution in [0.5, 0.6) is 0 Å². The topological polar surface area (TPSA) is 97.5 Å². The van der Waals surface area contributed by atoms with Gasteiger partial charge in [-0.1, -0.05) is 0 Å². The predicted octanol–water partition coefficient (Wildman–Crippen LogP) is 1.53. The number of benzene rings is 1. The summed E-state index contributed by atoms with van der Waals surface area (Å²) in [5.41, 5.74) is 6.03. The Labute approximate surface area is 124 Å². The molecule has 1 aromatic carbocycles. The summed E-state index contributed by atoms with van der Waals surface area (Å²) in [5.74, 6) is -1.12. The fraction of sp³-hybridized carbons (Fsp3) is 0.364. The molecule has 8 heteroatoms. The average Bonchev–Trinajstić information content (AvgIpc) is 2.26. The summed E-state index contributed by atoms with van der Waals surface area (Å²) in [4.78, 5) is 11.5. The third-order valence-electron chi connectivity index (χ3n) is 2.45. The van der Waals surface area contributed by atoms with Gasteiger partial charge in [0.05, 0.1) is 4.90 Å². The first-order valence-corrected chi connectivity index (χ1v) is 9.12. The molecule has 1 rings (SSSR count). The lowest BCUT2D eigenvalue weighted by Gasteiger charge is -2.12. The minimum Gasteiger partial charge on any atom is -0.480 e. The van der Waals surface area contributed by atoms with E-state index in [4.69, 9.17) is 10.8 Å².